The quantitative estimate of drug-likeness (QED) is 0.412. The summed E-state index contributed by atoms with van der Waals surface area (Å²) in [5, 5.41) is 10.7. The minimum atomic E-state index is 0. The molecule has 0 unspecified atom stereocenters. The molecule has 0 amide bonds. The fourth-order valence-corrected chi connectivity index (χ4v) is 2.00. The summed E-state index contributed by atoms with van der Waals surface area (Å²) in [6, 6.07) is 2.04. The minimum Gasteiger partial charge on any atom is -0.359 e. The molecule has 0 aromatic carbocycles. The van der Waals surface area contributed by atoms with Crippen molar-refractivity contribution in [3.8, 4) is 0 Å². The van der Waals surface area contributed by atoms with Crippen molar-refractivity contribution in [1.82, 2.24) is 15.8 Å². The summed E-state index contributed by atoms with van der Waals surface area (Å²) in [5.74, 6) is 2.71. The minimum absolute atomic E-state index is 0. The fourth-order valence-electron chi connectivity index (χ4n) is 2.00. The van der Waals surface area contributed by atoms with Crippen LogP contribution in [0.5, 0.6) is 0 Å². The summed E-state index contributed by atoms with van der Waals surface area (Å²) < 4.78 is 5.37. The van der Waals surface area contributed by atoms with Crippen LogP contribution in [-0.4, -0.2) is 24.7 Å². The van der Waals surface area contributed by atoms with Crippen molar-refractivity contribution >= 4 is 29.9 Å². The lowest BCUT2D eigenvalue weighted by atomic mass is 9.99. The molecule has 2 N–H and O–H groups in total. The Morgan fingerprint density at radius 2 is 1.95 bits per heavy atom. The molecule has 0 aliphatic rings. The first-order valence-corrected chi connectivity index (χ1v) is 7.50. The van der Waals surface area contributed by atoms with E-state index in [9.17, 15) is 0 Å². The average Bonchev–Trinajstić information content (AvgIpc) is 2.89. The molecule has 0 aliphatic carbocycles. The lowest BCUT2D eigenvalue weighted by Gasteiger charge is -2.12. The molecule has 0 spiro atoms. The number of guanidine groups is 1. The van der Waals surface area contributed by atoms with E-state index in [1.807, 2.05) is 6.07 Å². The van der Waals surface area contributed by atoms with Gasteiger partial charge >= 0.3 is 0 Å². The lowest BCUT2D eigenvalue weighted by Crippen LogP contribution is -2.38. The van der Waals surface area contributed by atoms with Crippen LogP contribution in [0.15, 0.2) is 15.6 Å². The Balaban J connectivity index is 0.00000400. The largest absolute Gasteiger partial charge is 0.359 e. The van der Waals surface area contributed by atoms with E-state index in [0.717, 1.165) is 36.8 Å². The molecule has 0 saturated heterocycles. The van der Waals surface area contributed by atoms with Gasteiger partial charge in [-0.2, -0.15) is 0 Å². The first kappa shape index (κ1) is 20.2. The van der Waals surface area contributed by atoms with Gasteiger partial charge in [0.25, 0.3) is 0 Å². The lowest BCUT2D eigenvalue weighted by molar-refractivity contribution is 0.368. The van der Waals surface area contributed by atoms with Gasteiger partial charge in [0.15, 0.2) is 11.7 Å². The van der Waals surface area contributed by atoms with Crippen LogP contribution in [0.25, 0.3) is 0 Å². The average molecular weight is 408 g/mol. The molecule has 1 aromatic heterocycles. The van der Waals surface area contributed by atoms with E-state index in [-0.39, 0.29) is 24.0 Å². The van der Waals surface area contributed by atoms with Crippen molar-refractivity contribution in [1.29, 1.82) is 0 Å². The van der Waals surface area contributed by atoms with Crippen LogP contribution in [0.3, 0.4) is 0 Å². The van der Waals surface area contributed by atoms with E-state index in [1.54, 1.807) is 7.05 Å². The van der Waals surface area contributed by atoms with Gasteiger partial charge in [0.05, 0.1) is 12.2 Å². The number of nitrogens with one attached hydrogen (secondary N) is 2. The number of hydrogen-bond donors (Lipinski definition) is 2. The first-order valence-electron chi connectivity index (χ1n) is 7.50. The summed E-state index contributed by atoms with van der Waals surface area (Å²) in [6.45, 7) is 10.2. The highest BCUT2D eigenvalue weighted by Crippen LogP contribution is 2.22. The zero-order chi connectivity index (χ0) is 15.0. The molecule has 122 valence electrons. The number of aliphatic imine (C=N–C) groups is 1. The molecular formula is C15H29IN4O. The van der Waals surface area contributed by atoms with Gasteiger partial charge in [-0.15, -0.1) is 24.0 Å². The summed E-state index contributed by atoms with van der Waals surface area (Å²) in [7, 11) is 1.77. The molecule has 0 radical (unpaired) electrons. The highest BCUT2D eigenvalue weighted by molar-refractivity contribution is 14.0. The first-order chi connectivity index (χ1) is 9.60. The Hall–Kier alpha value is -0.790. The zero-order valence-corrected chi connectivity index (χ0v) is 16.1. The zero-order valence-electron chi connectivity index (χ0n) is 13.8. The van der Waals surface area contributed by atoms with Crippen molar-refractivity contribution in [3.05, 3.63) is 17.5 Å². The molecule has 5 nitrogen and oxygen atoms in total. The second-order valence-corrected chi connectivity index (χ2v) is 5.43. The molecule has 1 heterocycles. The smallest absolute Gasteiger partial charge is 0.191 e. The molecule has 0 bridgehead atoms. The number of halogens is 1. The van der Waals surface area contributed by atoms with Crippen molar-refractivity contribution < 1.29 is 4.52 Å². The number of hydrogen-bond acceptors (Lipinski definition) is 3. The van der Waals surface area contributed by atoms with Gasteiger partial charge in [0, 0.05) is 25.6 Å². The third-order valence-corrected chi connectivity index (χ3v) is 3.31. The second-order valence-electron chi connectivity index (χ2n) is 5.43. The maximum atomic E-state index is 5.37. The number of aromatic nitrogens is 1. The van der Waals surface area contributed by atoms with E-state index in [1.165, 1.54) is 0 Å². The van der Waals surface area contributed by atoms with Crippen molar-refractivity contribution in [2.75, 3.05) is 13.6 Å². The van der Waals surface area contributed by atoms with Gasteiger partial charge in [0.2, 0.25) is 0 Å². The number of rotatable bonds is 7. The van der Waals surface area contributed by atoms with Gasteiger partial charge in [-0.1, -0.05) is 32.9 Å². The molecule has 0 atom stereocenters. The fraction of sp³-hybridized carbons (Fsp3) is 0.733. The maximum absolute atomic E-state index is 5.37. The van der Waals surface area contributed by atoms with Gasteiger partial charge in [-0.25, -0.2) is 0 Å². The van der Waals surface area contributed by atoms with Crippen LogP contribution in [0, 0.1) is 5.92 Å². The molecule has 0 fully saturated rings. The standard InChI is InChI=1S/C15H28N4O.HI/c1-6-12(7-2)14-8-13(20-19-14)10-18-15(16-5)17-9-11(3)4;/h8,11-12H,6-7,9-10H2,1-5H3,(H2,16,17,18);1H. The molecule has 0 saturated carbocycles. The Morgan fingerprint density at radius 3 is 2.48 bits per heavy atom. The van der Waals surface area contributed by atoms with Crippen LogP contribution >= 0.6 is 24.0 Å². The third kappa shape index (κ3) is 7.15. The van der Waals surface area contributed by atoms with E-state index in [4.69, 9.17) is 4.52 Å². The predicted molar refractivity (Wildman–Crippen MR) is 98.3 cm³/mol. The Labute approximate surface area is 145 Å². The highest BCUT2D eigenvalue weighted by Gasteiger charge is 2.13. The van der Waals surface area contributed by atoms with Crippen LogP contribution in [0.1, 0.15) is 57.9 Å². The van der Waals surface area contributed by atoms with Gasteiger partial charge in [-0.3, -0.25) is 4.99 Å². The molecule has 1 rings (SSSR count). The SMILES string of the molecule is CCC(CC)c1cc(CNC(=NC)NCC(C)C)on1.I. The Kier molecular flexibility index (Phi) is 10.5. The van der Waals surface area contributed by atoms with Crippen molar-refractivity contribution in [2.24, 2.45) is 10.9 Å². The van der Waals surface area contributed by atoms with Gasteiger partial charge < -0.3 is 15.2 Å². The van der Waals surface area contributed by atoms with Crippen LogP contribution in [0.4, 0.5) is 0 Å². The van der Waals surface area contributed by atoms with E-state index in [0.29, 0.717) is 18.4 Å². The van der Waals surface area contributed by atoms with Crippen LogP contribution < -0.4 is 10.6 Å². The predicted octanol–water partition coefficient (Wildman–Crippen LogP) is 3.52. The topological polar surface area (TPSA) is 62.5 Å². The Morgan fingerprint density at radius 1 is 1.29 bits per heavy atom. The van der Waals surface area contributed by atoms with E-state index < -0.39 is 0 Å². The van der Waals surface area contributed by atoms with Gasteiger partial charge in [0.1, 0.15) is 0 Å². The Bertz CT molecular complexity index is 414. The summed E-state index contributed by atoms with van der Waals surface area (Å²) in [4.78, 5) is 4.18. The van der Waals surface area contributed by atoms with Gasteiger partial charge in [-0.05, 0) is 18.8 Å². The summed E-state index contributed by atoms with van der Waals surface area (Å²) in [5.41, 5.74) is 1.05. The monoisotopic (exact) mass is 408 g/mol. The summed E-state index contributed by atoms with van der Waals surface area (Å²) in [6.07, 6.45) is 2.18. The van der Waals surface area contributed by atoms with E-state index >= 15 is 0 Å². The number of nitrogens with zero attached hydrogens (tertiary/aromatic N) is 2. The summed E-state index contributed by atoms with van der Waals surface area (Å²) >= 11 is 0. The van der Waals surface area contributed by atoms with Crippen LogP contribution in [-0.2, 0) is 6.54 Å². The molecule has 21 heavy (non-hydrogen) atoms. The molecular weight excluding hydrogens is 379 g/mol. The maximum Gasteiger partial charge on any atom is 0.191 e. The van der Waals surface area contributed by atoms with Crippen molar-refractivity contribution in [3.63, 3.8) is 0 Å². The molecule has 0 aliphatic heterocycles. The second kappa shape index (κ2) is 10.9. The molecule has 6 heteroatoms. The third-order valence-electron chi connectivity index (χ3n) is 3.31. The molecule has 1 aromatic rings. The van der Waals surface area contributed by atoms with E-state index in [2.05, 4.69) is 48.5 Å². The van der Waals surface area contributed by atoms with Crippen molar-refractivity contribution in [2.45, 2.75) is 53.0 Å². The van der Waals surface area contributed by atoms with Crippen LogP contribution in [0.2, 0.25) is 0 Å². The highest BCUT2D eigenvalue weighted by atomic mass is 127. The normalized spacial score (nSPS) is 11.7.